The van der Waals surface area contributed by atoms with Crippen molar-refractivity contribution in [1.82, 2.24) is 20.1 Å². The molecule has 1 N–H and O–H groups in total. The Balaban J connectivity index is 1.48. The van der Waals surface area contributed by atoms with Gasteiger partial charge in [-0.25, -0.2) is 0 Å². The van der Waals surface area contributed by atoms with Crippen molar-refractivity contribution in [3.05, 3.63) is 36.0 Å². The molecule has 1 fully saturated rings. The molecule has 1 aliphatic rings. The Bertz CT molecular complexity index is 933. The molecule has 1 saturated carbocycles. The van der Waals surface area contributed by atoms with Crippen LogP contribution < -0.4 is 5.32 Å². The Kier molecular flexibility index (Phi) is 5.13. The molecule has 4 rings (SSSR count). The first-order chi connectivity index (χ1) is 13.1. The molecule has 2 aromatic heterocycles. The van der Waals surface area contributed by atoms with Gasteiger partial charge in [-0.15, -0.1) is 21.5 Å². The molecule has 0 saturated heterocycles. The molecule has 2 heterocycles. The lowest BCUT2D eigenvalue weighted by Crippen LogP contribution is -2.35. The number of hydrogen-bond donors (Lipinski definition) is 1. The third-order valence-corrected chi connectivity index (χ3v) is 6.17. The van der Waals surface area contributed by atoms with Gasteiger partial charge in [0.1, 0.15) is 0 Å². The van der Waals surface area contributed by atoms with Gasteiger partial charge in [-0.05, 0) is 63.5 Å². The maximum absolute atomic E-state index is 12.6. The molecular formula is C20H23N5OS. The van der Waals surface area contributed by atoms with Gasteiger partial charge in [-0.3, -0.25) is 9.78 Å². The van der Waals surface area contributed by atoms with Gasteiger partial charge in [0, 0.05) is 23.5 Å². The van der Waals surface area contributed by atoms with Gasteiger partial charge < -0.3 is 10.2 Å². The lowest BCUT2D eigenvalue weighted by Gasteiger charge is -2.31. The molecule has 0 atom stereocenters. The van der Waals surface area contributed by atoms with Crippen molar-refractivity contribution in [1.29, 1.82) is 0 Å². The lowest BCUT2D eigenvalue weighted by atomic mass is 9.85. The lowest BCUT2D eigenvalue weighted by molar-refractivity contribution is -0.121. The van der Waals surface area contributed by atoms with E-state index in [-0.39, 0.29) is 11.8 Å². The summed E-state index contributed by atoms with van der Waals surface area (Å²) < 4.78 is 0. The fourth-order valence-corrected chi connectivity index (χ4v) is 4.32. The highest BCUT2D eigenvalue weighted by Crippen LogP contribution is 2.29. The van der Waals surface area contributed by atoms with Crippen LogP contribution in [-0.4, -0.2) is 46.1 Å². The van der Waals surface area contributed by atoms with Crippen LogP contribution in [0, 0.1) is 5.92 Å². The summed E-state index contributed by atoms with van der Waals surface area (Å²) in [5.74, 6) is 0.630. The Labute approximate surface area is 162 Å². The van der Waals surface area contributed by atoms with E-state index in [1.54, 1.807) is 11.3 Å². The molecule has 0 radical (unpaired) electrons. The van der Waals surface area contributed by atoms with Crippen LogP contribution in [0.5, 0.6) is 0 Å². The number of rotatable bonds is 4. The standard InChI is InChI=1S/C20H23N5OS/c1-25(2)16-6-3-13(4-7-16)20(26)22-19-10-15-9-14(18-11-21-12-27-18)5-8-17(15)23-24-19/h5,8-13,16H,3-4,6-7H2,1-2H3,(H,22,24,26). The Hall–Kier alpha value is -2.38. The number of benzene rings is 1. The quantitative estimate of drug-likeness (QED) is 0.744. The van der Waals surface area contributed by atoms with Gasteiger partial charge in [0.05, 0.1) is 15.9 Å². The van der Waals surface area contributed by atoms with Crippen molar-refractivity contribution in [3.63, 3.8) is 0 Å². The van der Waals surface area contributed by atoms with Crippen LogP contribution in [0.4, 0.5) is 5.82 Å². The van der Waals surface area contributed by atoms with E-state index in [1.807, 2.05) is 29.9 Å². The van der Waals surface area contributed by atoms with Gasteiger partial charge in [0.25, 0.3) is 0 Å². The summed E-state index contributed by atoms with van der Waals surface area (Å²) >= 11 is 1.60. The second-order valence-corrected chi connectivity index (χ2v) is 8.21. The van der Waals surface area contributed by atoms with E-state index in [2.05, 4.69) is 45.6 Å². The number of aromatic nitrogens is 3. The molecular weight excluding hydrogens is 358 g/mol. The van der Waals surface area contributed by atoms with Crippen LogP contribution in [0.15, 0.2) is 36.0 Å². The first-order valence-corrected chi connectivity index (χ1v) is 10.1. The summed E-state index contributed by atoms with van der Waals surface area (Å²) in [4.78, 5) is 20.1. The summed E-state index contributed by atoms with van der Waals surface area (Å²) in [5, 5.41) is 12.4. The summed E-state index contributed by atoms with van der Waals surface area (Å²) in [6.07, 6.45) is 5.82. The van der Waals surface area contributed by atoms with E-state index >= 15 is 0 Å². The normalized spacial score (nSPS) is 20.1. The van der Waals surface area contributed by atoms with Crippen LogP contribution in [-0.2, 0) is 4.79 Å². The average molecular weight is 382 g/mol. The average Bonchev–Trinajstić information content (AvgIpc) is 3.22. The number of nitrogens with zero attached hydrogens (tertiary/aromatic N) is 4. The monoisotopic (exact) mass is 381 g/mol. The first-order valence-electron chi connectivity index (χ1n) is 9.24. The smallest absolute Gasteiger partial charge is 0.228 e. The van der Waals surface area contributed by atoms with E-state index in [0.717, 1.165) is 47.0 Å². The largest absolute Gasteiger partial charge is 0.309 e. The maximum atomic E-state index is 12.6. The minimum atomic E-state index is 0.0551. The van der Waals surface area contributed by atoms with Crippen molar-refractivity contribution in [2.24, 2.45) is 5.92 Å². The molecule has 1 aromatic carbocycles. The van der Waals surface area contributed by atoms with E-state index in [9.17, 15) is 4.79 Å². The number of hydrogen-bond acceptors (Lipinski definition) is 6. The summed E-state index contributed by atoms with van der Waals surface area (Å²) in [6.45, 7) is 0. The minimum absolute atomic E-state index is 0.0551. The second kappa shape index (κ2) is 7.70. The Morgan fingerprint density at radius 1 is 1.15 bits per heavy atom. The van der Waals surface area contributed by atoms with Crippen molar-refractivity contribution >= 4 is 34.0 Å². The van der Waals surface area contributed by atoms with Gasteiger partial charge in [0.2, 0.25) is 5.91 Å². The number of amides is 1. The third-order valence-electron chi connectivity index (χ3n) is 5.35. The summed E-state index contributed by atoms with van der Waals surface area (Å²) in [7, 11) is 4.21. The predicted octanol–water partition coefficient (Wildman–Crippen LogP) is 3.81. The van der Waals surface area contributed by atoms with Crippen LogP contribution in [0.3, 0.4) is 0 Å². The highest BCUT2D eigenvalue weighted by atomic mass is 32.1. The van der Waals surface area contributed by atoms with Crippen molar-refractivity contribution < 1.29 is 4.79 Å². The topological polar surface area (TPSA) is 71.0 Å². The molecule has 0 spiro atoms. The molecule has 0 bridgehead atoms. The number of carbonyl (C=O) groups is 1. The van der Waals surface area contributed by atoms with E-state index < -0.39 is 0 Å². The highest BCUT2D eigenvalue weighted by Gasteiger charge is 2.27. The maximum Gasteiger partial charge on any atom is 0.228 e. The fourth-order valence-electron chi connectivity index (χ4n) is 3.70. The molecule has 0 aliphatic heterocycles. The zero-order valence-corrected chi connectivity index (χ0v) is 16.4. The molecule has 27 heavy (non-hydrogen) atoms. The van der Waals surface area contributed by atoms with E-state index in [0.29, 0.717) is 11.9 Å². The van der Waals surface area contributed by atoms with Crippen LogP contribution in [0.1, 0.15) is 25.7 Å². The molecule has 6 nitrogen and oxygen atoms in total. The predicted molar refractivity (Wildman–Crippen MR) is 109 cm³/mol. The van der Waals surface area contributed by atoms with Crippen molar-refractivity contribution in [3.8, 4) is 10.4 Å². The van der Waals surface area contributed by atoms with Gasteiger partial charge in [0.15, 0.2) is 5.82 Å². The first kappa shape index (κ1) is 18.0. The number of thiazole rings is 1. The van der Waals surface area contributed by atoms with Gasteiger partial charge >= 0.3 is 0 Å². The second-order valence-electron chi connectivity index (χ2n) is 7.33. The van der Waals surface area contributed by atoms with Crippen LogP contribution >= 0.6 is 11.3 Å². The van der Waals surface area contributed by atoms with E-state index in [1.165, 1.54) is 0 Å². The summed E-state index contributed by atoms with van der Waals surface area (Å²) in [6, 6.07) is 8.52. The van der Waals surface area contributed by atoms with Crippen molar-refractivity contribution in [2.75, 3.05) is 19.4 Å². The van der Waals surface area contributed by atoms with Gasteiger partial charge in [-0.1, -0.05) is 6.07 Å². The zero-order chi connectivity index (χ0) is 18.8. The van der Waals surface area contributed by atoms with Crippen LogP contribution in [0.25, 0.3) is 21.3 Å². The number of carbonyl (C=O) groups excluding carboxylic acids is 1. The number of nitrogens with one attached hydrogen (secondary N) is 1. The molecule has 3 aromatic rings. The molecule has 140 valence electrons. The van der Waals surface area contributed by atoms with E-state index in [4.69, 9.17) is 0 Å². The Morgan fingerprint density at radius 3 is 2.67 bits per heavy atom. The number of fused-ring (bicyclic) bond motifs is 1. The molecule has 7 heteroatoms. The van der Waals surface area contributed by atoms with Crippen molar-refractivity contribution in [2.45, 2.75) is 31.7 Å². The minimum Gasteiger partial charge on any atom is -0.309 e. The highest BCUT2D eigenvalue weighted by molar-refractivity contribution is 7.13. The fraction of sp³-hybridized carbons (Fsp3) is 0.400. The molecule has 1 aliphatic carbocycles. The summed E-state index contributed by atoms with van der Waals surface area (Å²) in [5.41, 5.74) is 3.73. The Morgan fingerprint density at radius 2 is 1.96 bits per heavy atom. The van der Waals surface area contributed by atoms with Crippen LogP contribution in [0.2, 0.25) is 0 Å². The third kappa shape index (κ3) is 3.99. The molecule has 1 amide bonds. The van der Waals surface area contributed by atoms with Gasteiger partial charge in [-0.2, -0.15) is 0 Å². The number of anilines is 1. The SMILES string of the molecule is CN(C)C1CCC(C(=O)Nc2cc3cc(-c4cncs4)ccc3nn2)CC1. The molecule has 0 unspecified atom stereocenters. The zero-order valence-electron chi connectivity index (χ0n) is 15.6.